The average Bonchev–Trinajstić information content (AvgIpc) is 2.58. The van der Waals surface area contributed by atoms with Crippen LogP contribution in [0.4, 0.5) is 0 Å². The molecule has 2 N–H and O–H groups in total. The van der Waals surface area contributed by atoms with E-state index in [1.165, 1.54) is 5.82 Å². The quantitative estimate of drug-likeness (QED) is 0.543. The summed E-state index contributed by atoms with van der Waals surface area (Å²) in [5, 5.41) is 18.4. The summed E-state index contributed by atoms with van der Waals surface area (Å²) in [5.74, 6) is -1.65. The Kier molecular flexibility index (Phi) is 5.92. The molecule has 0 aliphatic heterocycles. The first kappa shape index (κ1) is 19.8. The van der Waals surface area contributed by atoms with Gasteiger partial charge in [-0.05, 0) is 17.7 Å². The van der Waals surface area contributed by atoms with Gasteiger partial charge in [0.25, 0.3) is 0 Å². The summed E-state index contributed by atoms with van der Waals surface area (Å²) in [5.41, 5.74) is -0.414. The van der Waals surface area contributed by atoms with Crippen molar-refractivity contribution in [3.8, 4) is 0 Å². The molecule has 2 aromatic rings. The van der Waals surface area contributed by atoms with E-state index in [9.17, 15) is 32.8 Å². The highest BCUT2D eigenvalue weighted by atomic mass is 32.2. The van der Waals surface area contributed by atoms with Crippen molar-refractivity contribution in [2.75, 3.05) is 0 Å². The Balaban J connectivity index is 2.76. The van der Waals surface area contributed by atoms with Gasteiger partial charge in [-0.2, -0.15) is 0 Å². The van der Waals surface area contributed by atoms with Gasteiger partial charge in [-0.3, -0.25) is 0 Å². The highest BCUT2D eigenvalue weighted by Gasteiger charge is 2.30. The Morgan fingerprint density at radius 3 is 2.19 bits per heavy atom. The summed E-state index contributed by atoms with van der Waals surface area (Å²) in [7, 11) is -7.12. The molecule has 0 aliphatic carbocycles. The molecule has 0 radical (unpaired) electrons. The van der Waals surface area contributed by atoms with Crippen molar-refractivity contribution in [1.82, 2.24) is 0 Å². The van der Waals surface area contributed by atoms with Crippen LogP contribution in [0.25, 0.3) is 0 Å². The zero-order valence-corrected chi connectivity index (χ0v) is 15.2. The molecule has 0 amide bonds. The number of rotatable bonds is 7. The minimum atomic E-state index is -5.15. The van der Waals surface area contributed by atoms with E-state index >= 15 is 0 Å². The Morgan fingerprint density at radius 2 is 1.73 bits per heavy atom. The van der Waals surface area contributed by atoms with Gasteiger partial charge in [0.15, 0.2) is 0 Å². The van der Waals surface area contributed by atoms with Gasteiger partial charge >= 0.3 is 11.9 Å². The van der Waals surface area contributed by atoms with Gasteiger partial charge in [-0.15, -0.1) is 0 Å². The molecule has 2 aromatic carbocycles. The standard InChI is InChI=1S/C17H15O7PS/c1-2-25(10-11-6-4-3-5-7-11)14-9-12(16(18)19)8-13(17(20)21)15(14)26(22,23)24/h2-9H,1,10H2,(H,18,19)(H,20,21)(H,22,23,24). The molecule has 0 saturated heterocycles. The molecule has 0 fully saturated rings. The van der Waals surface area contributed by atoms with Crippen LogP contribution in [0.2, 0.25) is 0 Å². The van der Waals surface area contributed by atoms with Crippen molar-refractivity contribution in [3.05, 3.63) is 71.6 Å². The smallest absolute Gasteiger partial charge is 0.337 e. The van der Waals surface area contributed by atoms with Crippen molar-refractivity contribution in [1.29, 1.82) is 0 Å². The topological polar surface area (TPSA) is 132 Å². The van der Waals surface area contributed by atoms with Gasteiger partial charge in [0.1, 0.15) is 20.3 Å². The number of hydrogen-bond donors (Lipinski definition) is 2. The second-order valence-corrected chi connectivity index (χ2v) is 9.02. The van der Waals surface area contributed by atoms with Crippen molar-refractivity contribution in [3.63, 3.8) is 0 Å². The van der Waals surface area contributed by atoms with Gasteiger partial charge in [-0.25, -0.2) is 18.0 Å². The maximum atomic E-state index is 11.7. The summed E-state index contributed by atoms with van der Waals surface area (Å²) in [6.07, 6.45) is 0.319. The van der Waals surface area contributed by atoms with E-state index in [0.29, 0.717) is 12.2 Å². The number of hydrogen-bond acceptors (Lipinski definition) is 5. The lowest BCUT2D eigenvalue weighted by atomic mass is 10.1. The molecule has 136 valence electrons. The maximum Gasteiger partial charge on any atom is 0.337 e. The SMILES string of the molecule is C=C[PH+](Cc1ccccc1)c1cc(C(=O)O)cc(C(=O)O)c1S(=O)(=O)[O-]. The third-order valence-electron chi connectivity index (χ3n) is 3.65. The first-order valence-electron chi connectivity index (χ1n) is 7.28. The fourth-order valence-corrected chi connectivity index (χ4v) is 6.02. The molecule has 0 aliphatic rings. The summed E-state index contributed by atoms with van der Waals surface area (Å²) >= 11 is 0. The highest BCUT2D eigenvalue weighted by Crippen LogP contribution is 2.42. The molecule has 9 heteroatoms. The fraction of sp³-hybridized carbons (Fsp3) is 0.0588. The normalized spacial score (nSPS) is 12.3. The summed E-state index contributed by atoms with van der Waals surface area (Å²) in [6, 6.07) is 10.7. The van der Waals surface area contributed by atoms with Crippen LogP contribution >= 0.6 is 7.92 Å². The third kappa shape index (κ3) is 4.35. The Bertz CT molecular complexity index is 968. The van der Waals surface area contributed by atoms with Crippen LogP contribution < -0.4 is 5.30 Å². The Labute approximate surface area is 151 Å². The van der Waals surface area contributed by atoms with E-state index in [0.717, 1.165) is 11.6 Å². The largest absolute Gasteiger partial charge is 0.744 e. The molecule has 1 unspecified atom stereocenters. The molecule has 0 bridgehead atoms. The lowest BCUT2D eigenvalue weighted by Crippen LogP contribution is -2.21. The molecule has 0 heterocycles. The van der Waals surface area contributed by atoms with E-state index in [2.05, 4.69) is 6.58 Å². The van der Waals surface area contributed by atoms with Gasteiger partial charge in [-0.1, -0.05) is 36.9 Å². The van der Waals surface area contributed by atoms with E-state index in [1.807, 2.05) is 0 Å². The molecule has 0 saturated carbocycles. The zero-order chi connectivity index (χ0) is 19.5. The minimum Gasteiger partial charge on any atom is -0.744 e. The Morgan fingerprint density at radius 1 is 1.12 bits per heavy atom. The molecule has 0 spiro atoms. The number of carboxylic acid groups (broad SMARTS) is 2. The summed E-state index contributed by atoms with van der Waals surface area (Å²) in [6.45, 7) is 3.66. The highest BCUT2D eigenvalue weighted by molar-refractivity contribution is 7.87. The molecule has 2 rings (SSSR count). The number of carboxylic acids is 2. The van der Waals surface area contributed by atoms with Crippen molar-refractivity contribution >= 4 is 35.3 Å². The average molecular weight is 394 g/mol. The van der Waals surface area contributed by atoms with Crippen LogP contribution in [0.1, 0.15) is 26.3 Å². The van der Waals surface area contributed by atoms with Crippen LogP contribution in [0, 0.1) is 0 Å². The van der Waals surface area contributed by atoms with E-state index < -0.39 is 46.0 Å². The van der Waals surface area contributed by atoms with E-state index in [1.54, 1.807) is 30.3 Å². The third-order valence-corrected chi connectivity index (χ3v) is 7.14. The number of benzene rings is 2. The summed E-state index contributed by atoms with van der Waals surface area (Å²) in [4.78, 5) is 21.9. The molecule has 1 atom stereocenters. The fourth-order valence-electron chi connectivity index (χ4n) is 2.51. The number of aromatic carboxylic acids is 2. The Hall–Kier alpha value is -2.54. The van der Waals surface area contributed by atoms with Gasteiger partial charge in [0.05, 0.1) is 31.0 Å². The number of carbonyl (C=O) groups is 2. The van der Waals surface area contributed by atoms with Crippen molar-refractivity contribution < 1.29 is 32.8 Å². The molecule has 0 aromatic heterocycles. The van der Waals surface area contributed by atoms with E-state index in [-0.39, 0.29) is 5.30 Å². The van der Waals surface area contributed by atoms with Crippen LogP contribution in [0.3, 0.4) is 0 Å². The molecular weight excluding hydrogens is 379 g/mol. The van der Waals surface area contributed by atoms with Gasteiger partial charge in [0.2, 0.25) is 0 Å². The first-order chi connectivity index (χ1) is 12.1. The minimum absolute atomic E-state index is 0.0962. The predicted molar refractivity (Wildman–Crippen MR) is 96.6 cm³/mol. The molecule has 26 heavy (non-hydrogen) atoms. The lowest BCUT2D eigenvalue weighted by Gasteiger charge is -2.17. The predicted octanol–water partition coefficient (Wildman–Crippen LogP) is 2.17. The van der Waals surface area contributed by atoms with Gasteiger partial charge in [0, 0.05) is 0 Å². The van der Waals surface area contributed by atoms with Crippen LogP contribution in [0.5, 0.6) is 0 Å². The van der Waals surface area contributed by atoms with E-state index in [4.69, 9.17) is 0 Å². The molecular formula is C17H15O7PS. The van der Waals surface area contributed by atoms with Gasteiger partial charge < -0.3 is 14.8 Å². The monoisotopic (exact) mass is 394 g/mol. The van der Waals surface area contributed by atoms with Crippen LogP contribution in [-0.4, -0.2) is 35.1 Å². The first-order valence-corrected chi connectivity index (χ1v) is 10.5. The molecule has 7 nitrogen and oxygen atoms in total. The second kappa shape index (κ2) is 7.78. The maximum absolute atomic E-state index is 11.7. The second-order valence-electron chi connectivity index (χ2n) is 5.36. The van der Waals surface area contributed by atoms with Crippen LogP contribution in [-0.2, 0) is 16.3 Å². The summed E-state index contributed by atoms with van der Waals surface area (Å²) < 4.78 is 35.2. The zero-order valence-electron chi connectivity index (χ0n) is 13.4. The van der Waals surface area contributed by atoms with Crippen molar-refractivity contribution in [2.45, 2.75) is 11.1 Å². The van der Waals surface area contributed by atoms with Crippen LogP contribution in [0.15, 0.2) is 59.8 Å². The van der Waals surface area contributed by atoms with Crippen molar-refractivity contribution in [2.24, 2.45) is 0 Å². The lowest BCUT2D eigenvalue weighted by molar-refractivity contribution is 0.0692.